The molecule has 1 unspecified atom stereocenters. The molecule has 1 N–H and O–H groups in total. The molecule has 2 aromatic carbocycles. The van der Waals surface area contributed by atoms with E-state index in [0.717, 1.165) is 16.4 Å². The Morgan fingerprint density at radius 1 is 1.21 bits per heavy atom. The second kappa shape index (κ2) is 9.00. The van der Waals surface area contributed by atoms with Crippen LogP contribution in [0.3, 0.4) is 0 Å². The number of carbonyl (C=O) groups excluding carboxylic acids is 1. The molecule has 1 heterocycles. The van der Waals surface area contributed by atoms with Gasteiger partial charge in [0, 0.05) is 0 Å². The topological polar surface area (TPSA) is 104 Å². The first-order chi connectivity index (χ1) is 13.9. The lowest BCUT2D eigenvalue weighted by Gasteiger charge is -2.24. The van der Waals surface area contributed by atoms with Crippen LogP contribution in [0.4, 0.5) is 0 Å². The predicted octanol–water partition coefficient (Wildman–Crippen LogP) is 2.67. The molecule has 9 nitrogen and oxygen atoms in total. The molecule has 1 fully saturated rings. The van der Waals surface area contributed by atoms with E-state index in [1.165, 1.54) is 0 Å². The Balaban J connectivity index is 1.60. The van der Waals surface area contributed by atoms with Crippen LogP contribution >= 0.6 is 0 Å². The molecule has 0 aliphatic carbocycles. The molecule has 1 aliphatic rings. The van der Waals surface area contributed by atoms with Crippen molar-refractivity contribution in [1.82, 2.24) is 10.3 Å². The van der Waals surface area contributed by atoms with Crippen molar-refractivity contribution in [1.29, 1.82) is 5.26 Å². The number of hydroxylamine groups is 4. The Hall–Kier alpha value is -3.00. The molecule has 9 heteroatoms. The first-order valence-corrected chi connectivity index (χ1v) is 8.88. The summed E-state index contributed by atoms with van der Waals surface area (Å²) in [5.74, 6) is -0.403. The highest BCUT2D eigenvalue weighted by molar-refractivity contribution is 5.64. The van der Waals surface area contributed by atoms with Crippen LogP contribution in [0.25, 0.3) is 11.1 Å². The summed E-state index contributed by atoms with van der Waals surface area (Å²) in [5.41, 5.74) is 2.54. The number of nitriles is 1. The minimum Gasteiger partial charge on any atom is -0.491 e. The summed E-state index contributed by atoms with van der Waals surface area (Å²) in [7, 11) is 0. The lowest BCUT2D eigenvalue weighted by Crippen LogP contribution is -2.44. The number of hydrogen-bond donors (Lipinski definition) is 1. The van der Waals surface area contributed by atoms with Gasteiger partial charge in [-0.3, -0.25) is 10.0 Å². The lowest BCUT2D eigenvalue weighted by atomic mass is 10.0. The zero-order valence-corrected chi connectivity index (χ0v) is 16.0. The van der Waals surface area contributed by atoms with Gasteiger partial charge in [0.15, 0.2) is 0 Å². The van der Waals surface area contributed by atoms with E-state index in [1.54, 1.807) is 38.1 Å². The van der Waals surface area contributed by atoms with Gasteiger partial charge < -0.3 is 4.74 Å². The zero-order chi connectivity index (χ0) is 20.9. The largest absolute Gasteiger partial charge is 0.491 e. The maximum atomic E-state index is 11.0. The van der Waals surface area contributed by atoms with Crippen molar-refractivity contribution in [2.24, 2.45) is 0 Å². The third kappa shape index (κ3) is 5.51. The Kier molecular flexibility index (Phi) is 6.43. The predicted molar refractivity (Wildman–Crippen MR) is 99.6 cm³/mol. The van der Waals surface area contributed by atoms with Gasteiger partial charge in [0.05, 0.1) is 18.2 Å². The number of amides is 1. The number of nitrogens with zero attached hydrogens (tertiary/aromatic N) is 3. The highest BCUT2D eigenvalue weighted by atomic mass is 17.4. The molecular weight excluding hydrogens is 378 g/mol. The van der Waals surface area contributed by atoms with Gasteiger partial charge in [0.2, 0.25) is 12.2 Å². The second-order valence-electron chi connectivity index (χ2n) is 6.83. The second-order valence-corrected chi connectivity index (χ2v) is 6.83. The van der Waals surface area contributed by atoms with Gasteiger partial charge in [-0.05, 0) is 54.5 Å². The monoisotopic (exact) mass is 399 g/mol. The van der Waals surface area contributed by atoms with Gasteiger partial charge in [0.1, 0.15) is 18.4 Å². The van der Waals surface area contributed by atoms with E-state index < -0.39 is 11.8 Å². The van der Waals surface area contributed by atoms with Crippen molar-refractivity contribution < 1.29 is 29.5 Å². The molecule has 1 aliphatic heterocycles. The van der Waals surface area contributed by atoms with Crippen LogP contribution in [0.5, 0.6) is 5.75 Å². The third-order valence-electron chi connectivity index (χ3n) is 4.13. The zero-order valence-electron chi connectivity index (χ0n) is 16.0. The standard InChI is InChI=1S/C20H21N3O6/c1-20(2)27-23(29-28-20)12-18(22(25)14-24)13-26-19-9-7-17(8-10-19)16-5-3-15(11-21)4-6-16/h3-10,14,18,25H,12-13H2,1-2H3. The van der Waals surface area contributed by atoms with Gasteiger partial charge in [-0.15, -0.1) is 4.99 Å². The van der Waals surface area contributed by atoms with Crippen LogP contribution in [0.15, 0.2) is 48.5 Å². The first kappa shape index (κ1) is 20.7. The maximum Gasteiger partial charge on any atom is 0.233 e. The van der Waals surface area contributed by atoms with Crippen LogP contribution < -0.4 is 4.74 Å². The van der Waals surface area contributed by atoms with E-state index >= 15 is 0 Å². The normalized spacial score (nSPS) is 16.8. The molecule has 0 saturated carbocycles. The number of rotatable bonds is 8. The SMILES string of the molecule is CC1(C)OON(CC(COc2ccc(-c3ccc(C#N)cc3)cc2)N(O)C=O)O1. The van der Waals surface area contributed by atoms with Gasteiger partial charge in [-0.1, -0.05) is 24.3 Å². The fourth-order valence-electron chi connectivity index (χ4n) is 2.62. The van der Waals surface area contributed by atoms with Crippen LogP contribution in [0.2, 0.25) is 0 Å². The summed E-state index contributed by atoms with van der Waals surface area (Å²) in [6, 6.07) is 15.9. The quantitative estimate of drug-likeness (QED) is 0.313. The summed E-state index contributed by atoms with van der Waals surface area (Å²) >= 11 is 0. The van der Waals surface area contributed by atoms with Gasteiger partial charge in [-0.25, -0.2) is 9.90 Å². The molecule has 0 spiro atoms. The minimum atomic E-state index is -0.964. The lowest BCUT2D eigenvalue weighted by molar-refractivity contribution is -0.419. The summed E-state index contributed by atoms with van der Waals surface area (Å²) in [5, 5.41) is 20.2. The van der Waals surface area contributed by atoms with Gasteiger partial charge in [-0.2, -0.15) is 10.1 Å². The van der Waals surface area contributed by atoms with Crippen molar-refractivity contribution in [3.05, 3.63) is 54.1 Å². The number of ether oxygens (including phenoxy) is 1. The average molecular weight is 399 g/mol. The Morgan fingerprint density at radius 2 is 1.83 bits per heavy atom. The highest BCUT2D eigenvalue weighted by Crippen LogP contribution is 2.24. The van der Waals surface area contributed by atoms with Crippen molar-refractivity contribution in [3.8, 4) is 22.9 Å². The average Bonchev–Trinajstić information content (AvgIpc) is 3.09. The van der Waals surface area contributed by atoms with Crippen molar-refractivity contribution >= 4 is 6.41 Å². The molecule has 0 aromatic heterocycles. The van der Waals surface area contributed by atoms with Crippen LogP contribution in [0.1, 0.15) is 19.4 Å². The van der Waals surface area contributed by atoms with E-state index in [9.17, 15) is 10.0 Å². The van der Waals surface area contributed by atoms with E-state index in [1.807, 2.05) is 24.3 Å². The number of carbonyl (C=O) groups is 1. The van der Waals surface area contributed by atoms with Crippen molar-refractivity contribution in [2.75, 3.05) is 13.2 Å². The molecular formula is C20H21N3O6. The van der Waals surface area contributed by atoms with E-state index in [-0.39, 0.29) is 19.6 Å². The Bertz CT molecular complexity index is 863. The highest BCUT2D eigenvalue weighted by Gasteiger charge is 2.36. The summed E-state index contributed by atoms with van der Waals surface area (Å²) in [6.07, 6.45) is 0.282. The Labute approximate surface area is 168 Å². The van der Waals surface area contributed by atoms with E-state index in [4.69, 9.17) is 24.7 Å². The van der Waals surface area contributed by atoms with Crippen LogP contribution in [-0.2, 0) is 19.5 Å². The van der Waals surface area contributed by atoms with E-state index in [2.05, 4.69) is 6.07 Å². The maximum absolute atomic E-state index is 11.0. The fourth-order valence-corrected chi connectivity index (χ4v) is 2.62. The third-order valence-corrected chi connectivity index (χ3v) is 4.13. The molecule has 1 amide bonds. The summed E-state index contributed by atoms with van der Waals surface area (Å²) < 4.78 is 5.70. The van der Waals surface area contributed by atoms with Crippen molar-refractivity contribution in [3.63, 3.8) is 0 Å². The fraction of sp³-hybridized carbons (Fsp3) is 0.300. The molecule has 2 aromatic rings. The molecule has 1 atom stereocenters. The number of hydrogen-bond acceptors (Lipinski definition) is 8. The molecule has 3 rings (SSSR count). The molecule has 0 bridgehead atoms. The smallest absolute Gasteiger partial charge is 0.233 e. The van der Waals surface area contributed by atoms with Crippen LogP contribution in [0, 0.1) is 11.3 Å². The Morgan fingerprint density at radius 3 is 2.34 bits per heavy atom. The molecule has 1 saturated heterocycles. The summed E-state index contributed by atoms with van der Waals surface area (Å²) in [6.45, 7) is 3.31. The number of benzene rings is 2. The van der Waals surface area contributed by atoms with Crippen molar-refractivity contribution in [2.45, 2.75) is 25.7 Å². The van der Waals surface area contributed by atoms with Gasteiger partial charge >= 0.3 is 0 Å². The first-order valence-electron chi connectivity index (χ1n) is 8.88. The van der Waals surface area contributed by atoms with E-state index in [0.29, 0.717) is 16.4 Å². The van der Waals surface area contributed by atoms with Gasteiger partial charge in [0.25, 0.3) is 0 Å². The molecule has 29 heavy (non-hydrogen) atoms. The van der Waals surface area contributed by atoms with Crippen LogP contribution in [-0.4, -0.2) is 46.9 Å². The molecule has 0 radical (unpaired) electrons. The molecule has 152 valence electrons. The summed E-state index contributed by atoms with van der Waals surface area (Å²) in [4.78, 5) is 26.2. The minimum absolute atomic E-state index is 0.00198.